The monoisotopic (exact) mass is 440 g/mol. The van der Waals surface area contributed by atoms with E-state index in [1.165, 1.54) is 6.07 Å². The van der Waals surface area contributed by atoms with Crippen LogP contribution in [0.25, 0.3) is 28.3 Å². The first-order valence-corrected chi connectivity index (χ1v) is 10.3. The molecule has 0 spiro atoms. The zero-order chi connectivity index (χ0) is 22.1. The standard InChI is InChI=1S/C22H22ClFN6O/c1-13(2)7-8-29-12-27-21(14-3-4-17(24)16(23)9-14)22(29)18-5-6-20-26-11-15(10-19(25)31)30(20)28-18/h3-6,9,11-13H,7-8,10H2,1-2H3,(H2,25,31). The zero-order valence-corrected chi connectivity index (χ0v) is 18.0. The number of imidazole rings is 2. The number of benzene rings is 1. The zero-order valence-electron chi connectivity index (χ0n) is 17.2. The van der Waals surface area contributed by atoms with E-state index in [9.17, 15) is 9.18 Å². The van der Waals surface area contributed by atoms with Crippen LogP contribution in [0.5, 0.6) is 0 Å². The number of hydrogen-bond donors (Lipinski definition) is 1. The summed E-state index contributed by atoms with van der Waals surface area (Å²) >= 11 is 6.02. The third-order valence-electron chi connectivity index (χ3n) is 5.01. The second-order valence-corrected chi connectivity index (χ2v) is 8.23. The van der Waals surface area contributed by atoms with Gasteiger partial charge in [0.05, 0.1) is 41.0 Å². The SMILES string of the molecule is CC(C)CCn1cnc(-c2ccc(F)c(Cl)c2)c1-c1ccc2ncc(CC(N)=O)n2n1. The van der Waals surface area contributed by atoms with Crippen molar-refractivity contribution in [3.63, 3.8) is 0 Å². The van der Waals surface area contributed by atoms with Crippen LogP contribution in [-0.4, -0.2) is 30.1 Å². The summed E-state index contributed by atoms with van der Waals surface area (Å²) in [5.74, 6) is -0.442. The van der Waals surface area contributed by atoms with E-state index in [0.29, 0.717) is 34.2 Å². The maximum atomic E-state index is 13.7. The van der Waals surface area contributed by atoms with Crippen LogP contribution >= 0.6 is 11.6 Å². The van der Waals surface area contributed by atoms with Crippen molar-refractivity contribution in [1.82, 2.24) is 24.1 Å². The van der Waals surface area contributed by atoms with Gasteiger partial charge < -0.3 is 10.3 Å². The fraction of sp³-hybridized carbons (Fsp3) is 0.273. The predicted molar refractivity (Wildman–Crippen MR) is 117 cm³/mol. The van der Waals surface area contributed by atoms with Gasteiger partial charge in [-0.25, -0.2) is 18.9 Å². The molecule has 0 saturated carbocycles. The first-order valence-electron chi connectivity index (χ1n) is 9.96. The number of halogens is 2. The Kier molecular flexibility index (Phi) is 5.73. The van der Waals surface area contributed by atoms with Crippen LogP contribution in [0.3, 0.4) is 0 Å². The molecule has 0 atom stereocenters. The van der Waals surface area contributed by atoms with Crippen molar-refractivity contribution >= 4 is 23.2 Å². The lowest BCUT2D eigenvalue weighted by molar-refractivity contribution is -0.117. The molecule has 0 bridgehead atoms. The lowest BCUT2D eigenvalue weighted by Gasteiger charge is -2.12. The Hall–Kier alpha value is -3.26. The first kappa shape index (κ1) is 21.0. The molecule has 0 saturated heterocycles. The number of rotatable bonds is 7. The van der Waals surface area contributed by atoms with Crippen LogP contribution in [0.4, 0.5) is 4.39 Å². The molecule has 160 valence electrons. The average molecular weight is 441 g/mol. The van der Waals surface area contributed by atoms with Crippen molar-refractivity contribution in [2.75, 3.05) is 0 Å². The summed E-state index contributed by atoms with van der Waals surface area (Å²) in [5.41, 5.74) is 9.34. The molecule has 4 rings (SSSR count). The average Bonchev–Trinajstić information content (AvgIpc) is 3.32. The Balaban J connectivity index is 1.87. The number of aromatic nitrogens is 5. The van der Waals surface area contributed by atoms with Gasteiger partial charge in [-0.15, -0.1) is 0 Å². The molecule has 0 aliphatic heterocycles. The van der Waals surface area contributed by atoms with Gasteiger partial charge in [0.15, 0.2) is 5.65 Å². The van der Waals surface area contributed by atoms with E-state index in [2.05, 4.69) is 23.8 Å². The van der Waals surface area contributed by atoms with Crippen LogP contribution in [0.15, 0.2) is 42.9 Å². The Labute approximate surface area is 183 Å². The summed E-state index contributed by atoms with van der Waals surface area (Å²) in [7, 11) is 0. The first-order chi connectivity index (χ1) is 14.8. The maximum absolute atomic E-state index is 13.7. The number of carbonyl (C=O) groups is 1. The van der Waals surface area contributed by atoms with Gasteiger partial charge >= 0.3 is 0 Å². The van der Waals surface area contributed by atoms with Crippen molar-refractivity contribution in [3.05, 3.63) is 59.4 Å². The summed E-state index contributed by atoms with van der Waals surface area (Å²) in [6.07, 6.45) is 4.33. The van der Waals surface area contributed by atoms with E-state index < -0.39 is 11.7 Å². The number of carbonyl (C=O) groups excluding carboxylic acids is 1. The van der Waals surface area contributed by atoms with Crippen LogP contribution in [-0.2, 0) is 17.8 Å². The number of amides is 1. The Bertz CT molecular complexity index is 1260. The van der Waals surface area contributed by atoms with Crippen LogP contribution < -0.4 is 5.73 Å². The fourth-order valence-corrected chi connectivity index (χ4v) is 3.60. The molecule has 3 aromatic heterocycles. The number of fused-ring (bicyclic) bond motifs is 1. The molecule has 0 aliphatic carbocycles. The van der Waals surface area contributed by atoms with Gasteiger partial charge in [0.2, 0.25) is 5.91 Å². The summed E-state index contributed by atoms with van der Waals surface area (Å²) in [4.78, 5) is 20.3. The molecule has 0 aliphatic rings. The molecular formula is C22H22ClFN6O. The number of aryl methyl sites for hydroxylation is 1. The van der Waals surface area contributed by atoms with E-state index in [1.807, 2.05) is 16.7 Å². The Morgan fingerprint density at radius 1 is 1.23 bits per heavy atom. The van der Waals surface area contributed by atoms with Crippen LogP contribution in [0.1, 0.15) is 26.0 Å². The van der Waals surface area contributed by atoms with Gasteiger partial charge in [0.25, 0.3) is 0 Å². The third kappa shape index (κ3) is 4.29. The molecule has 9 heteroatoms. The van der Waals surface area contributed by atoms with Crippen molar-refractivity contribution < 1.29 is 9.18 Å². The molecule has 0 unspecified atom stereocenters. The van der Waals surface area contributed by atoms with Crippen molar-refractivity contribution in [1.29, 1.82) is 0 Å². The molecule has 0 radical (unpaired) electrons. The minimum atomic E-state index is -0.486. The van der Waals surface area contributed by atoms with Crippen molar-refractivity contribution in [3.8, 4) is 22.6 Å². The number of hydrogen-bond acceptors (Lipinski definition) is 4. The Morgan fingerprint density at radius 3 is 2.74 bits per heavy atom. The van der Waals surface area contributed by atoms with Crippen LogP contribution in [0, 0.1) is 11.7 Å². The molecule has 0 fully saturated rings. The van der Waals surface area contributed by atoms with Gasteiger partial charge in [-0.2, -0.15) is 5.10 Å². The third-order valence-corrected chi connectivity index (χ3v) is 5.30. The van der Waals surface area contributed by atoms with Gasteiger partial charge in [0.1, 0.15) is 11.5 Å². The second-order valence-electron chi connectivity index (χ2n) is 7.83. The quantitative estimate of drug-likeness (QED) is 0.467. The number of primary amides is 1. The summed E-state index contributed by atoms with van der Waals surface area (Å²) in [5, 5.41) is 4.75. The Morgan fingerprint density at radius 2 is 2.03 bits per heavy atom. The van der Waals surface area contributed by atoms with Crippen LogP contribution in [0.2, 0.25) is 5.02 Å². The highest BCUT2D eigenvalue weighted by molar-refractivity contribution is 6.31. The van der Waals surface area contributed by atoms with Gasteiger partial charge in [-0.1, -0.05) is 25.4 Å². The smallest absolute Gasteiger partial charge is 0.223 e. The van der Waals surface area contributed by atoms with E-state index >= 15 is 0 Å². The maximum Gasteiger partial charge on any atom is 0.223 e. The van der Waals surface area contributed by atoms with Gasteiger partial charge in [-0.3, -0.25) is 4.79 Å². The molecule has 3 heterocycles. The molecule has 2 N–H and O–H groups in total. The van der Waals surface area contributed by atoms with Crippen molar-refractivity contribution in [2.45, 2.75) is 33.2 Å². The van der Waals surface area contributed by atoms with Gasteiger partial charge in [-0.05, 0) is 42.7 Å². The van der Waals surface area contributed by atoms with E-state index in [0.717, 1.165) is 18.7 Å². The van der Waals surface area contributed by atoms with E-state index in [-0.39, 0.29) is 11.4 Å². The minimum Gasteiger partial charge on any atom is -0.369 e. The minimum absolute atomic E-state index is 0.0296. The molecule has 31 heavy (non-hydrogen) atoms. The largest absolute Gasteiger partial charge is 0.369 e. The molecule has 4 aromatic rings. The summed E-state index contributed by atoms with van der Waals surface area (Å²) in [6.45, 7) is 5.05. The van der Waals surface area contributed by atoms with Crippen molar-refractivity contribution in [2.24, 2.45) is 11.7 Å². The molecule has 7 nitrogen and oxygen atoms in total. The second kappa shape index (κ2) is 8.47. The molecule has 1 amide bonds. The molecule has 1 aromatic carbocycles. The summed E-state index contributed by atoms with van der Waals surface area (Å²) in [6, 6.07) is 8.21. The molecular weight excluding hydrogens is 419 g/mol. The van der Waals surface area contributed by atoms with E-state index in [4.69, 9.17) is 22.4 Å². The fourth-order valence-electron chi connectivity index (χ4n) is 3.42. The lowest BCUT2D eigenvalue weighted by atomic mass is 10.1. The number of nitrogens with zero attached hydrogens (tertiary/aromatic N) is 5. The normalized spacial score (nSPS) is 11.5. The van der Waals surface area contributed by atoms with Gasteiger partial charge in [0, 0.05) is 12.1 Å². The highest BCUT2D eigenvalue weighted by Gasteiger charge is 2.19. The van der Waals surface area contributed by atoms with E-state index in [1.54, 1.807) is 29.2 Å². The number of nitrogens with two attached hydrogens (primary N) is 1. The summed E-state index contributed by atoms with van der Waals surface area (Å²) < 4.78 is 17.4. The predicted octanol–water partition coefficient (Wildman–Crippen LogP) is 4.13. The highest BCUT2D eigenvalue weighted by atomic mass is 35.5. The topological polar surface area (TPSA) is 91.1 Å². The lowest BCUT2D eigenvalue weighted by Crippen LogP contribution is -2.15. The highest BCUT2D eigenvalue weighted by Crippen LogP contribution is 2.33.